The van der Waals surface area contributed by atoms with E-state index in [2.05, 4.69) is 284 Å². The van der Waals surface area contributed by atoms with Crippen LogP contribution in [0, 0.1) is 34.5 Å². The molecule has 456 valence electrons. The molecule has 0 aromatic heterocycles. The highest BCUT2D eigenvalue weighted by molar-refractivity contribution is 5.40. The van der Waals surface area contributed by atoms with Gasteiger partial charge in [-0.05, 0) is 193 Å². The van der Waals surface area contributed by atoms with Crippen LogP contribution >= 0.6 is 0 Å². The summed E-state index contributed by atoms with van der Waals surface area (Å²) in [6, 6.07) is 0. The molecule has 4 unspecified atom stereocenters. The van der Waals surface area contributed by atoms with Crippen molar-refractivity contribution in [3.63, 3.8) is 0 Å². The van der Waals surface area contributed by atoms with Crippen LogP contribution in [-0.2, 0) is 0 Å². The van der Waals surface area contributed by atoms with Gasteiger partial charge in [0.2, 0.25) is 0 Å². The van der Waals surface area contributed by atoms with E-state index < -0.39 is 0 Å². The molecule has 2 aliphatic rings. The fraction of sp³-hybridized carbons (Fsp3) is 0.550. The van der Waals surface area contributed by atoms with Crippen molar-refractivity contribution in [2.75, 3.05) is 0 Å². The third-order valence-electron chi connectivity index (χ3n) is 16.1. The fourth-order valence-electron chi connectivity index (χ4n) is 11.1. The molecule has 0 aromatic rings. The van der Waals surface area contributed by atoms with Crippen molar-refractivity contribution in [3.8, 4) is 0 Å². The van der Waals surface area contributed by atoms with Gasteiger partial charge in [-0.1, -0.05) is 295 Å². The highest BCUT2D eigenvalue weighted by Gasteiger charge is 2.32. The minimum atomic E-state index is -0.227. The van der Waals surface area contributed by atoms with E-state index in [0.29, 0.717) is 0 Å². The summed E-state index contributed by atoms with van der Waals surface area (Å²) in [5.41, 5.74) is 15.6. The summed E-state index contributed by atoms with van der Waals surface area (Å²) in [4.78, 5) is 0. The molecular weight excluding hydrogens is 993 g/mol. The number of aliphatic hydroxyl groups is 2. The maximum atomic E-state index is 10.1. The van der Waals surface area contributed by atoms with Crippen LogP contribution in [0.1, 0.15) is 241 Å². The second-order valence-electron chi connectivity index (χ2n) is 27.2. The SMILES string of the molecule is CC(C)=CCCC(C)CCCC(C)C/C=C/C(C)=C/C=C/C=C(C)/C=C/CC(C)CCCC(C)CCC=C(C)C.CC1=C(/C=C/C(C)=C/C=C/C(C)=C/C=C/C=C(C)/C=C/C=C(C)/C=C/C2=C(C)C[C@@H](O)CC2(C)C)C(C)(C)C[C@H](O)C1. The van der Waals surface area contributed by atoms with Gasteiger partial charge in [0.1, 0.15) is 0 Å². The minimum Gasteiger partial charge on any atom is -0.393 e. The van der Waals surface area contributed by atoms with Crippen LogP contribution in [0.4, 0.5) is 0 Å². The van der Waals surface area contributed by atoms with Crippen molar-refractivity contribution in [2.24, 2.45) is 34.5 Å². The van der Waals surface area contributed by atoms with Crippen LogP contribution in [0.25, 0.3) is 0 Å². The average molecular weight is 1120 g/mol. The van der Waals surface area contributed by atoms with E-state index in [9.17, 15) is 10.2 Å². The first kappa shape index (κ1) is 75.3. The summed E-state index contributed by atoms with van der Waals surface area (Å²) >= 11 is 0. The second kappa shape index (κ2) is 42.1. The Hall–Kier alpha value is -4.76. The minimum absolute atomic E-state index is 0.00547. The smallest absolute Gasteiger partial charge is 0.0585 e. The first-order valence-electron chi connectivity index (χ1n) is 32.1. The van der Waals surface area contributed by atoms with Gasteiger partial charge in [-0.25, -0.2) is 0 Å². The molecule has 0 aliphatic heterocycles. The van der Waals surface area contributed by atoms with Crippen LogP contribution in [0.3, 0.4) is 0 Å². The van der Waals surface area contributed by atoms with E-state index in [0.717, 1.165) is 49.4 Å². The lowest BCUT2D eigenvalue weighted by Gasteiger charge is -2.35. The van der Waals surface area contributed by atoms with Crippen LogP contribution in [-0.4, -0.2) is 22.4 Å². The number of allylic oxidation sites excluding steroid dienone is 34. The Labute approximate surface area is 508 Å². The maximum absolute atomic E-state index is 10.1. The van der Waals surface area contributed by atoms with Gasteiger partial charge in [-0.2, -0.15) is 0 Å². The molecule has 0 spiro atoms. The number of rotatable bonds is 32. The van der Waals surface area contributed by atoms with Crippen molar-refractivity contribution in [1.82, 2.24) is 0 Å². The molecule has 0 heterocycles. The first-order valence-corrected chi connectivity index (χ1v) is 32.1. The molecule has 2 heteroatoms. The number of hydrogen-bond donors (Lipinski definition) is 2. The van der Waals surface area contributed by atoms with Crippen LogP contribution in [0.15, 0.2) is 213 Å². The van der Waals surface area contributed by atoms with Gasteiger partial charge in [0.25, 0.3) is 0 Å². The Morgan fingerprint density at radius 2 is 0.707 bits per heavy atom. The van der Waals surface area contributed by atoms with Gasteiger partial charge < -0.3 is 10.2 Å². The highest BCUT2D eigenvalue weighted by Crippen LogP contribution is 2.42. The Morgan fingerprint density at radius 3 is 1.02 bits per heavy atom. The van der Waals surface area contributed by atoms with Crippen LogP contribution < -0.4 is 0 Å². The monoisotopic (exact) mass is 1120 g/mol. The van der Waals surface area contributed by atoms with Crippen molar-refractivity contribution >= 4 is 0 Å². The molecule has 0 radical (unpaired) electrons. The molecule has 2 aliphatic carbocycles. The summed E-state index contributed by atoms with van der Waals surface area (Å²) in [5.74, 6) is 3.23. The molecule has 0 amide bonds. The van der Waals surface area contributed by atoms with Gasteiger partial charge in [0.05, 0.1) is 12.2 Å². The van der Waals surface area contributed by atoms with Gasteiger partial charge in [0.15, 0.2) is 0 Å². The van der Waals surface area contributed by atoms with E-state index >= 15 is 0 Å². The van der Waals surface area contributed by atoms with Crippen molar-refractivity contribution in [3.05, 3.63) is 213 Å². The average Bonchev–Trinajstić information content (AvgIpc) is 3.37. The molecule has 2 rings (SSSR count). The van der Waals surface area contributed by atoms with E-state index in [4.69, 9.17) is 0 Å². The van der Waals surface area contributed by atoms with Crippen LogP contribution in [0.2, 0.25) is 0 Å². The van der Waals surface area contributed by atoms with E-state index in [-0.39, 0.29) is 23.0 Å². The summed E-state index contributed by atoms with van der Waals surface area (Å²) in [6.07, 6.45) is 71.1. The fourth-order valence-corrected chi connectivity index (χ4v) is 11.1. The molecular formula is C80H124O2. The standard InChI is InChI=1S/C40H56O2.C40H68/c1-29(17-13-19-31(3)21-23-37-33(5)25-35(41)27-39(37,7)8)15-11-12-16-30(2)18-14-20-32(4)22-24-38-34(6)26-36(42)28-40(38,9)10;1-33(2)19-13-23-37(7)27-17-31-39(9)29-15-25-35(5)21-11-12-22-36(6)26-16-30-40(10)32-18-28-38(8)24-14-20-34(3)4/h11-24,35-36,41-42H,25-28H2,1-10H3;11-12,15-16,19-22,25-26,37-40H,13-14,17-18,23-24,27-32H2,1-10H3/b12-11+,17-13+,18-14+,23-21+,24-22+,29-15+,30-16+,31-19+,32-20+;12-11+,25-15+,26-16+,35-21+,36-22+/t35-,36-;/m1./s1. The molecule has 6 atom stereocenters. The summed E-state index contributed by atoms with van der Waals surface area (Å²) in [6.45, 7) is 44.4. The summed E-state index contributed by atoms with van der Waals surface area (Å²) in [7, 11) is 0. The molecule has 2 nitrogen and oxygen atoms in total. The molecule has 82 heavy (non-hydrogen) atoms. The Kier molecular flexibility index (Phi) is 38.6. The zero-order valence-corrected chi connectivity index (χ0v) is 56.5. The molecule has 2 N–H and O–H groups in total. The Morgan fingerprint density at radius 1 is 0.415 bits per heavy atom. The van der Waals surface area contributed by atoms with E-state index in [1.807, 2.05) is 0 Å². The highest BCUT2D eigenvalue weighted by atomic mass is 16.3. The van der Waals surface area contributed by atoms with Crippen molar-refractivity contribution < 1.29 is 10.2 Å². The lowest BCUT2D eigenvalue weighted by atomic mass is 9.71. The maximum Gasteiger partial charge on any atom is 0.0585 e. The zero-order valence-electron chi connectivity index (χ0n) is 56.5. The van der Waals surface area contributed by atoms with E-state index in [1.165, 1.54) is 144 Å². The number of hydrogen-bond acceptors (Lipinski definition) is 2. The summed E-state index contributed by atoms with van der Waals surface area (Å²) in [5, 5.41) is 20.2. The van der Waals surface area contributed by atoms with Gasteiger partial charge in [-0.15, -0.1) is 0 Å². The third-order valence-corrected chi connectivity index (χ3v) is 16.1. The summed E-state index contributed by atoms with van der Waals surface area (Å²) < 4.78 is 0. The number of aliphatic hydroxyl groups excluding tert-OH is 2. The van der Waals surface area contributed by atoms with Crippen molar-refractivity contribution in [2.45, 2.75) is 253 Å². The Balaban J connectivity index is 0.000000821. The topological polar surface area (TPSA) is 40.5 Å². The van der Waals surface area contributed by atoms with Crippen LogP contribution in [0.5, 0.6) is 0 Å². The molecule has 0 saturated carbocycles. The first-order chi connectivity index (χ1) is 38.6. The zero-order chi connectivity index (χ0) is 61.7. The van der Waals surface area contributed by atoms with Gasteiger partial charge in [-0.3, -0.25) is 0 Å². The lowest BCUT2D eigenvalue weighted by Crippen LogP contribution is -2.28. The molecule has 0 fully saturated rings. The lowest BCUT2D eigenvalue weighted by molar-refractivity contribution is 0.116. The molecule has 0 saturated heterocycles. The second-order valence-corrected chi connectivity index (χ2v) is 27.2. The van der Waals surface area contributed by atoms with Crippen molar-refractivity contribution in [1.29, 1.82) is 0 Å². The third kappa shape index (κ3) is 37.4. The molecule has 0 bridgehead atoms. The normalized spacial score (nSPS) is 20.7. The molecule has 0 aromatic carbocycles. The predicted octanol–water partition coefficient (Wildman–Crippen LogP) is 24.3. The quantitative estimate of drug-likeness (QED) is 0.0521. The van der Waals surface area contributed by atoms with Gasteiger partial charge >= 0.3 is 0 Å². The van der Waals surface area contributed by atoms with E-state index in [1.54, 1.807) is 0 Å². The Bertz CT molecular complexity index is 2290. The van der Waals surface area contributed by atoms with Gasteiger partial charge in [0, 0.05) is 0 Å². The predicted molar refractivity (Wildman–Crippen MR) is 370 cm³/mol. The largest absolute Gasteiger partial charge is 0.393 e.